The van der Waals surface area contributed by atoms with Crippen molar-refractivity contribution in [3.8, 4) is 11.5 Å². The van der Waals surface area contributed by atoms with E-state index in [-0.39, 0.29) is 11.7 Å². The summed E-state index contributed by atoms with van der Waals surface area (Å²) in [5, 5.41) is 18.5. The molecular formula is C17H21N7OS. The number of H-pyrrole nitrogens is 1. The van der Waals surface area contributed by atoms with Gasteiger partial charge in [-0.2, -0.15) is 5.10 Å². The van der Waals surface area contributed by atoms with Gasteiger partial charge in [-0.15, -0.1) is 10.2 Å². The number of aromatic nitrogens is 5. The van der Waals surface area contributed by atoms with Crippen molar-refractivity contribution in [1.29, 1.82) is 0 Å². The van der Waals surface area contributed by atoms with Crippen molar-refractivity contribution in [2.45, 2.75) is 32.3 Å². The highest BCUT2D eigenvalue weighted by atomic mass is 32.2. The number of amides is 1. The number of nitrogens with two attached hydrogens (primary N) is 1. The first-order valence-electron chi connectivity index (χ1n) is 8.23. The van der Waals surface area contributed by atoms with Gasteiger partial charge >= 0.3 is 0 Å². The molecule has 1 aromatic carbocycles. The number of nitrogens with zero attached hydrogens (tertiary/aromatic N) is 4. The van der Waals surface area contributed by atoms with Crippen LogP contribution in [0.3, 0.4) is 0 Å². The van der Waals surface area contributed by atoms with Crippen molar-refractivity contribution in [2.75, 3.05) is 16.9 Å². The fourth-order valence-corrected chi connectivity index (χ4v) is 3.25. The van der Waals surface area contributed by atoms with Gasteiger partial charge in [0.2, 0.25) is 16.9 Å². The van der Waals surface area contributed by atoms with Crippen LogP contribution in [0, 0.1) is 13.8 Å². The number of carbonyl (C=O) groups is 1. The average molecular weight is 371 g/mol. The number of nitrogens with one attached hydrogen (secondary N) is 2. The summed E-state index contributed by atoms with van der Waals surface area (Å²) in [6.07, 6.45) is 0.855. The lowest BCUT2D eigenvalue weighted by molar-refractivity contribution is -0.113. The Morgan fingerprint density at radius 3 is 2.85 bits per heavy atom. The first-order valence-corrected chi connectivity index (χ1v) is 9.22. The van der Waals surface area contributed by atoms with Crippen molar-refractivity contribution < 1.29 is 4.79 Å². The SMILES string of the molecule is CCc1cccc(C)c1NC(=O)CSc1nnc(-c2cc(C)[nH]n2)n1N. The van der Waals surface area contributed by atoms with Crippen LogP contribution in [0.1, 0.15) is 23.7 Å². The van der Waals surface area contributed by atoms with Gasteiger partial charge in [-0.25, -0.2) is 4.68 Å². The molecule has 136 valence electrons. The summed E-state index contributed by atoms with van der Waals surface area (Å²) in [4.78, 5) is 12.4. The molecule has 0 saturated carbocycles. The third kappa shape index (κ3) is 3.72. The van der Waals surface area contributed by atoms with Crippen molar-refractivity contribution >= 4 is 23.4 Å². The molecule has 1 amide bonds. The third-order valence-electron chi connectivity index (χ3n) is 3.94. The molecule has 2 heterocycles. The van der Waals surface area contributed by atoms with E-state index in [0.717, 1.165) is 28.9 Å². The molecule has 2 aromatic heterocycles. The van der Waals surface area contributed by atoms with Gasteiger partial charge < -0.3 is 11.2 Å². The zero-order valence-corrected chi connectivity index (χ0v) is 15.7. The van der Waals surface area contributed by atoms with Crippen molar-refractivity contribution in [2.24, 2.45) is 0 Å². The smallest absolute Gasteiger partial charge is 0.234 e. The quantitative estimate of drug-likeness (QED) is 0.452. The number of rotatable bonds is 6. The van der Waals surface area contributed by atoms with E-state index >= 15 is 0 Å². The van der Waals surface area contributed by atoms with Crippen LogP contribution in [-0.4, -0.2) is 36.7 Å². The highest BCUT2D eigenvalue weighted by molar-refractivity contribution is 7.99. The molecule has 0 saturated heterocycles. The lowest BCUT2D eigenvalue weighted by atomic mass is 10.1. The van der Waals surface area contributed by atoms with Crippen LogP contribution in [0.25, 0.3) is 11.5 Å². The van der Waals surface area contributed by atoms with Crippen LogP contribution in [0.15, 0.2) is 29.4 Å². The van der Waals surface area contributed by atoms with Crippen molar-refractivity contribution in [3.63, 3.8) is 0 Å². The largest absolute Gasteiger partial charge is 0.335 e. The maximum atomic E-state index is 12.4. The zero-order valence-electron chi connectivity index (χ0n) is 14.9. The van der Waals surface area contributed by atoms with E-state index in [1.807, 2.05) is 38.1 Å². The lowest BCUT2D eigenvalue weighted by Gasteiger charge is -2.12. The van der Waals surface area contributed by atoms with Gasteiger partial charge in [-0.05, 0) is 37.5 Å². The van der Waals surface area contributed by atoms with Gasteiger partial charge in [-0.1, -0.05) is 36.9 Å². The summed E-state index contributed by atoms with van der Waals surface area (Å²) in [5.74, 6) is 6.56. The van der Waals surface area contributed by atoms with Crippen molar-refractivity contribution in [3.05, 3.63) is 41.1 Å². The molecular weight excluding hydrogens is 350 g/mol. The van der Waals surface area contributed by atoms with Gasteiger partial charge in [0.1, 0.15) is 5.69 Å². The summed E-state index contributed by atoms with van der Waals surface area (Å²) < 4.78 is 1.35. The second-order valence-corrected chi connectivity index (χ2v) is 6.85. The summed E-state index contributed by atoms with van der Waals surface area (Å²) in [5.41, 5.74) is 4.55. The fourth-order valence-electron chi connectivity index (χ4n) is 2.59. The Bertz CT molecular complexity index is 931. The number of aromatic amines is 1. The standard InChI is InChI=1S/C17H21N7OS/c1-4-12-7-5-6-10(2)15(12)19-14(25)9-26-17-23-22-16(24(17)18)13-8-11(3)20-21-13/h5-8H,4,9,18H2,1-3H3,(H,19,25)(H,20,21). The molecule has 0 atom stereocenters. The van der Waals surface area contributed by atoms with E-state index < -0.39 is 0 Å². The Labute approximate surface area is 155 Å². The monoisotopic (exact) mass is 371 g/mol. The molecule has 0 aliphatic rings. The maximum Gasteiger partial charge on any atom is 0.234 e. The molecule has 8 nitrogen and oxygen atoms in total. The van der Waals surface area contributed by atoms with E-state index in [9.17, 15) is 4.79 Å². The molecule has 0 aliphatic heterocycles. The average Bonchev–Trinajstić information content (AvgIpc) is 3.20. The molecule has 4 N–H and O–H groups in total. The molecule has 0 aliphatic carbocycles. The van der Waals surface area contributed by atoms with Crippen molar-refractivity contribution in [1.82, 2.24) is 25.1 Å². The van der Waals surface area contributed by atoms with E-state index in [1.54, 1.807) is 0 Å². The number of hydrogen-bond acceptors (Lipinski definition) is 6. The summed E-state index contributed by atoms with van der Waals surface area (Å²) >= 11 is 1.23. The van der Waals surface area contributed by atoms with Crippen LogP contribution < -0.4 is 11.2 Å². The van der Waals surface area contributed by atoms with Gasteiger partial charge in [-0.3, -0.25) is 9.89 Å². The number of carbonyl (C=O) groups excluding carboxylic acids is 1. The van der Waals surface area contributed by atoms with Gasteiger partial charge in [0.15, 0.2) is 0 Å². The number of thioether (sulfide) groups is 1. The normalized spacial score (nSPS) is 10.9. The van der Waals surface area contributed by atoms with Gasteiger partial charge in [0.25, 0.3) is 0 Å². The van der Waals surface area contributed by atoms with Crippen LogP contribution in [-0.2, 0) is 11.2 Å². The van der Waals surface area contributed by atoms with E-state index in [4.69, 9.17) is 5.84 Å². The summed E-state index contributed by atoms with van der Waals surface area (Å²) in [6, 6.07) is 7.83. The number of anilines is 1. The Morgan fingerprint density at radius 2 is 2.15 bits per heavy atom. The molecule has 0 bridgehead atoms. The summed E-state index contributed by atoms with van der Waals surface area (Å²) in [6.45, 7) is 5.94. The lowest BCUT2D eigenvalue weighted by Crippen LogP contribution is -2.18. The van der Waals surface area contributed by atoms with Crippen LogP contribution >= 0.6 is 11.8 Å². The summed E-state index contributed by atoms with van der Waals surface area (Å²) in [7, 11) is 0. The first-order chi connectivity index (χ1) is 12.5. The number of aryl methyl sites for hydroxylation is 3. The van der Waals surface area contributed by atoms with E-state index in [2.05, 4.69) is 32.6 Å². The van der Waals surface area contributed by atoms with E-state index in [0.29, 0.717) is 16.7 Å². The van der Waals surface area contributed by atoms with Crippen LogP contribution in [0.2, 0.25) is 0 Å². The third-order valence-corrected chi connectivity index (χ3v) is 4.88. The topological polar surface area (TPSA) is 115 Å². The molecule has 0 unspecified atom stereocenters. The van der Waals surface area contributed by atoms with Gasteiger partial charge in [0.05, 0.1) is 5.75 Å². The number of para-hydroxylation sites is 1. The minimum Gasteiger partial charge on any atom is -0.335 e. The van der Waals surface area contributed by atoms with Crippen LogP contribution in [0.5, 0.6) is 0 Å². The molecule has 26 heavy (non-hydrogen) atoms. The molecule has 0 spiro atoms. The number of nitrogen functional groups attached to an aromatic ring is 1. The Morgan fingerprint density at radius 1 is 1.35 bits per heavy atom. The van der Waals surface area contributed by atoms with E-state index in [1.165, 1.54) is 16.4 Å². The predicted octanol–water partition coefficient (Wildman–Crippen LogP) is 2.29. The minimum absolute atomic E-state index is 0.112. The maximum absolute atomic E-state index is 12.4. The minimum atomic E-state index is -0.112. The predicted molar refractivity (Wildman–Crippen MR) is 102 cm³/mol. The Balaban J connectivity index is 1.67. The molecule has 3 aromatic rings. The Hall–Kier alpha value is -2.81. The first kappa shape index (κ1) is 18.0. The highest BCUT2D eigenvalue weighted by Crippen LogP contribution is 2.23. The Kier molecular flexibility index (Phi) is 5.27. The molecule has 0 fully saturated rings. The molecule has 9 heteroatoms. The molecule has 0 radical (unpaired) electrons. The van der Waals surface area contributed by atoms with Crippen LogP contribution in [0.4, 0.5) is 5.69 Å². The number of benzene rings is 1. The molecule has 3 rings (SSSR count). The highest BCUT2D eigenvalue weighted by Gasteiger charge is 2.16. The second kappa shape index (κ2) is 7.61. The zero-order chi connectivity index (χ0) is 18.7. The van der Waals surface area contributed by atoms with Gasteiger partial charge in [0, 0.05) is 11.4 Å². The fraction of sp³-hybridized carbons (Fsp3) is 0.294. The number of hydrogen-bond donors (Lipinski definition) is 3. The second-order valence-electron chi connectivity index (χ2n) is 5.91.